The number of phenols is 1. The predicted octanol–water partition coefficient (Wildman–Crippen LogP) is 3.66. The number of phenolic OH excluding ortho intramolecular Hbond substituents is 1. The van der Waals surface area contributed by atoms with E-state index in [1.807, 2.05) is 30.3 Å². The van der Waals surface area contributed by atoms with Crippen LogP contribution in [0.4, 0.5) is 0 Å². The number of fused-ring (bicyclic) bond motifs is 1. The number of rotatable bonds is 3. The number of thioether (sulfide) groups is 1. The van der Waals surface area contributed by atoms with Crippen LogP contribution in [0.3, 0.4) is 0 Å². The number of benzene rings is 2. The lowest BCUT2D eigenvalue weighted by Crippen LogP contribution is -1.81. The normalized spacial score (nSPS) is 10.2. The molecular formula is C14H12OS. The maximum absolute atomic E-state index is 9.73. The molecule has 0 atom stereocenters. The van der Waals surface area contributed by atoms with Gasteiger partial charge in [-0.05, 0) is 17.5 Å². The van der Waals surface area contributed by atoms with Crippen molar-refractivity contribution in [1.29, 1.82) is 0 Å². The number of hydrogen-bond donors (Lipinski definition) is 1. The molecule has 0 aliphatic carbocycles. The SMILES string of the molecule is C#CCCSc1ccc(O)c2ccccc12. The third kappa shape index (κ3) is 2.15. The molecule has 0 radical (unpaired) electrons. The van der Waals surface area contributed by atoms with Crippen molar-refractivity contribution >= 4 is 22.5 Å². The largest absolute Gasteiger partial charge is 0.507 e. The Hall–Kier alpha value is -1.59. The van der Waals surface area contributed by atoms with Crippen LogP contribution in [-0.2, 0) is 0 Å². The Morgan fingerprint density at radius 3 is 2.62 bits per heavy atom. The minimum atomic E-state index is 0.330. The first kappa shape index (κ1) is 10.9. The van der Waals surface area contributed by atoms with E-state index in [9.17, 15) is 5.11 Å². The fourth-order valence-electron chi connectivity index (χ4n) is 1.60. The highest BCUT2D eigenvalue weighted by molar-refractivity contribution is 7.99. The third-order valence-corrected chi connectivity index (χ3v) is 3.44. The standard InChI is InChI=1S/C14H12OS/c1-2-3-10-16-14-9-8-13(15)11-6-4-5-7-12(11)14/h1,4-9,15H,3,10H2. The van der Waals surface area contributed by atoms with Crippen LogP contribution in [0.15, 0.2) is 41.3 Å². The molecule has 0 saturated heterocycles. The topological polar surface area (TPSA) is 20.2 Å². The molecule has 0 aromatic heterocycles. The average molecular weight is 228 g/mol. The van der Waals surface area contributed by atoms with Crippen LogP contribution in [0.2, 0.25) is 0 Å². The van der Waals surface area contributed by atoms with Gasteiger partial charge in [0.25, 0.3) is 0 Å². The first-order chi connectivity index (χ1) is 7.83. The van der Waals surface area contributed by atoms with Crippen LogP contribution >= 0.6 is 11.8 Å². The fraction of sp³-hybridized carbons (Fsp3) is 0.143. The lowest BCUT2D eigenvalue weighted by molar-refractivity contribution is 0.481. The molecule has 0 heterocycles. The van der Waals surface area contributed by atoms with Gasteiger partial charge in [0.2, 0.25) is 0 Å². The van der Waals surface area contributed by atoms with E-state index in [4.69, 9.17) is 6.42 Å². The van der Waals surface area contributed by atoms with Crippen LogP contribution in [0.1, 0.15) is 6.42 Å². The predicted molar refractivity (Wildman–Crippen MR) is 69.8 cm³/mol. The first-order valence-electron chi connectivity index (χ1n) is 5.10. The summed E-state index contributed by atoms with van der Waals surface area (Å²) in [5.41, 5.74) is 0. The van der Waals surface area contributed by atoms with Gasteiger partial charge in [-0.3, -0.25) is 0 Å². The van der Waals surface area contributed by atoms with Gasteiger partial charge in [0, 0.05) is 22.5 Å². The van der Waals surface area contributed by atoms with Gasteiger partial charge in [0.1, 0.15) is 5.75 Å². The van der Waals surface area contributed by atoms with Crippen LogP contribution in [-0.4, -0.2) is 10.9 Å². The van der Waals surface area contributed by atoms with Crippen molar-refractivity contribution in [3.05, 3.63) is 36.4 Å². The van der Waals surface area contributed by atoms with Gasteiger partial charge < -0.3 is 5.11 Å². The molecule has 16 heavy (non-hydrogen) atoms. The minimum absolute atomic E-state index is 0.330. The molecule has 2 aromatic rings. The molecule has 80 valence electrons. The third-order valence-electron chi connectivity index (χ3n) is 2.37. The van der Waals surface area contributed by atoms with Crippen molar-refractivity contribution in [1.82, 2.24) is 0 Å². The summed E-state index contributed by atoms with van der Waals surface area (Å²) in [5, 5.41) is 11.7. The van der Waals surface area contributed by atoms with Crippen molar-refractivity contribution in [3.8, 4) is 18.1 Å². The summed E-state index contributed by atoms with van der Waals surface area (Å²) in [6.45, 7) is 0. The van der Waals surface area contributed by atoms with E-state index in [0.717, 1.165) is 22.9 Å². The Kier molecular flexibility index (Phi) is 3.38. The summed E-state index contributed by atoms with van der Waals surface area (Å²) in [5.74, 6) is 3.87. The van der Waals surface area contributed by atoms with Gasteiger partial charge in [-0.2, -0.15) is 0 Å². The molecule has 0 spiro atoms. The minimum Gasteiger partial charge on any atom is -0.507 e. The van der Waals surface area contributed by atoms with E-state index in [1.165, 1.54) is 4.90 Å². The highest BCUT2D eigenvalue weighted by Gasteiger charge is 2.04. The molecule has 0 aliphatic rings. The van der Waals surface area contributed by atoms with E-state index in [-0.39, 0.29) is 0 Å². The van der Waals surface area contributed by atoms with Crippen LogP contribution in [0.25, 0.3) is 10.8 Å². The van der Waals surface area contributed by atoms with E-state index in [1.54, 1.807) is 17.8 Å². The highest BCUT2D eigenvalue weighted by atomic mass is 32.2. The van der Waals surface area contributed by atoms with Gasteiger partial charge in [-0.25, -0.2) is 0 Å². The molecule has 0 aliphatic heterocycles. The monoisotopic (exact) mass is 228 g/mol. The zero-order valence-corrected chi connectivity index (χ0v) is 9.63. The number of hydrogen-bond acceptors (Lipinski definition) is 2. The summed E-state index contributed by atoms with van der Waals surface area (Å²) in [6, 6.07) is 11.5. The quantitative estimate of drug-likeness (QED) is 0.491. The number of aromatic hydroxyl groups is 1. The second kappa shape index (κ2) is 4.96. The first-order valence-corrected chi connectivity index (χ1v) is 6.08. The molecule has 0 fully saturated rings. The lowest BCUT2D eigenvalue weighted by Gasteiger charge is -2.06. The molecule has 0 saturated carbocycles. The van der Waals surface area contributed by atoms with Gasteiger partial charge in [0.15, 0.2) is 0 Å². The highest BCUT2D eigenvalue weighted by Crippen LogP contribution is 2.33. The second-order valence-electron chi connectivity index (χ2n) is 3.43. The maximum Gasteiger partial charge on any atom is 0.123 e. The van der Waals surface area contributed by atoms with Gasteiger partial charge >= 0.3 is 0 Å². The van der Waals surface area contributed by atoms with Crippen molar-refractivity contribution in [2.75, 3.05) is 5.75 Å². The average Bonchev–Trinajstić information content (AvgIpc) is 2.33. The van der Waals surface area contributed by atoms with Crippen LogP contribution < -0.4 is 0 Å². The molecular weight excluding hydrogens is 216 g/mol. The van der Waals surface area contributed by atoms with E-state index < -0.39 is 0 Å². The summed E-state index contributed by atoms with van der Waals surface area (Å²) >= 11 is 1.73. The van der Waals surface area contributed by atoms with Gasteiger partial charge in [0.05, 0.1) is 0 Å². The zero-order chi connectivity index (χ0) is 11.4. The Morgan fingerprint density at radius 2 is 1.88 bits per heavy atom. The summed E-state index contributed by atoms with van der Waals surface area (Å²) in [4.78, 5) is 1.17. The van der Waals surface area contributed by atoms with E-state index in [2.05, 4.69) is 5.92 Å². The Labute approximate surface area is 99.5 Å². The molecule has 0 amide bonds. The van der Waals surface area contributed by atoms with E-state index in [0.29, 0.717) is 5.75 Å². The maximum atomic E-state index is 9.73. The van der Waals surface area contributed by atoms with Gasteiger partial charge in [-0.15, -0.1) is 24.1 Å². The molecule has 1 N–H and O–H groups in total. The fourth-order valence-corrected chi connectivity index (χ4v) is 2.54. The summed E-state index contributed by atoms with van der Waals surface area (Å²) in [7, 11) is 0. The van der Waals surface area contributed by atoms with Crippen molar-refractivity contribution < 1.29 is 5.11 Å². The van der Waals surface area contributed by atoms with Crippen molar-refractivity contribution in [2.45, 2.75) is 11.3 Å². The Morgan fingerprint density at radius 1 is 1.12 bits per heavy atom. The van der Waals surface area contributed by atoms with E-state index >= 15 is 0 Å². The van der Waals surface area contributed by atoms with Gasteiger partial charge in [-0.1, -0.05) is 24.3 Å². The van der Waals surface area contributed by atoms with Crippen molar-refractivity contribution in [2.24, 2.45) is 0 Å². The van der Waals surface area contributed by atoms with Crippen molar-refractivity contribution in [3.63, 3.8) is 0 Å². The summed E-state index contributed by atoms with van der Waals surface area (Å²) < 4.78 is 0. The summed E-state index contributed by atoms with van der Waals surface area (Å²) in [6.07, 6.45) is 5.99. The van der Waals surface area contributed by atoms with Crippen LogP contribution in [0.5, 0.6) is 5.75 Å². The number of terminal acetylenes is 1. The molecule has 2 aromatic carbocycles. The molecule has 1 nitrogen and oxygen atoms in total. The Balaban J connectivity index is 2.39. The lowest BCUT2D eigenvalue weighted by atomic mass is 10.1. The molecule has 0 bridgehead atoms. The molecule has 2 heteroatoms. The molecule has 0 unspecified atom stereocenters. The zero-order valence-electron chi connectivity index (χ0n) is 8.81. The molecule has 2 rings (SSSR count). The van der Waals surface area contributed by atoms with Crippen LogP contribution in [0, 0.1) is 12.3 Å². The second-order valence-corrected chi connectivity index (χ2v) is 4.57. The Bertz CT molecular complexity index is 540. The smallest absolute Gasteiger partial charge is 0.123 e.